The van der Waals surface area contributed by atoms with Crippen LogP contribution in [0, 0.1) is 0 Å². The van der Waals surface area contributed by atoms with Crippen molar-refractivity contribution in [1.82, 2.24) is 0 Å². The summed E-state index contributed by atoms with van der Waals surface area (Å²) in [5.41, 5.74) is 5.40. The second kappa shape index (κ2) is 69.3. The van der Waals surface area contributed by atoms with Gasteiger partial charge in [0.2, 0.25) is 0 Å². The molecule has 0 radical (unpaired) electrons. The molecule has 0 aliphatic heterocycles. The summed E-state index contributed by atoms with van der Waals surface area (Å²) in [6.45, 7) is 3.54. The molecular weight excluding hydrogens is 1070 g/mol. The number of rotatable bonds is 64. The molecule has 0 amide bonds. The zero-order valence-electron chi connectivity index (χ0n) is 54.5. The van der Waals surface area contributed by atoms with Gasteiger partial charge >= 0.3 is 19.8 Å². The van der Waals surface area contributed by atoms with Crippen LogP contribution in [0.15, 0.2) is 134 Å². The molecule has 0 saturated carbocycles. The third-order valence-corrected chi connectivity index (χ3v) is 15.5. The summed E-state index contributed by atoms with van der Waals surface area (Å²) in [5, 5.41) is 0. The summed E-state index contributed by atoms with van der Waals surface area (Å²) in [5.74, 6) is -0.826. The maximum absolute atomic E-state index is 12.8. The van der Waals surface area contributed by atoms with Crippen molar-refractivity contribution >= 4 is 19.8 Å². The lowest BCUT2D eigenvalue weighted by Crippen LogP contribution is -2.29. The second-order valence-electron chi connectivity index (χ2n) is 22.6. The summed E-state index contributed by atoms with van der Waals surface area (Å²) in [6, 6.07) is 0. The topological polar surface area (TPSA) is 134 Å². The molecule has 0 aromatic carbocycles. The molecule has 0 fully saturated rings. The molecule has 0 aromatic rings. The number of hydrogen-bond acceptors (Lipinski definition) is 8. The van der Waals surface area contributed by atoms with Crippen molar-refractivity contribution in [3.8, 4) is 0 Å². The minimum Gasteiger partial charge on any atom is -0.462 e. The van der Waals surface area contributed by atoms with E-state index in [1.807, 2.05) is 0 Å². The zero-order chi connectivity index (χ0) is 61.6. The van der Waals surface area contributed by atoms with E-state index in [-0.39, 0.29) is 38.6 Å². The summed E-state index contributed by atoms with van der Waals surface area (Å²) in [7, 11) is -4.40. The molecule has 2 unspecified atom stereocenters. The first-order valence-corrected chi connectivity index (χ1v) is 36.2. The van der Waals surface area contributed by atoms with Gasteiger partial charge in [0.05, 0.1) is 13.2 Å². The van der Waals surface area contributed by atoms with Crippen LogP contribution < -0.4 is 5.73 Å². The number of esters is 2. The molecule has 0 heterocycles. The second-order valence-corrected chi connectivity index (χ2v) is 24.1. The van der Waals surface area contributed by atoms with Gasteiger partial charge in [0, 0.05) is 19.4 Å². The normalized spacial score (nSPS) is 13.8. The molecular formula is C75H128NO8P. The Kier molecular flexibility index (Phi) is 66.1. The van der Waals surface area contributed by atoms with Crippen molar-refractivity contribution in [3.63, 3.8) is 0 Å². The van der Waals surface area contributed by atoms with Gasteiger partial charge in [0.15, 0.2) is 6.10 Å². The quantitative estimate of drug-likeness (QED) is 0.0264. The van der Waals surface area contributed by atoms with E-state index in [1.54, 1.807) is 0 Å². The fraction of sp³-hybridized carbons (Fsp3) is 0.680. The maximum Gasteiger partial charge on any atom is 0.472 e. The SMILES string of the molecule is CC/C=C\C/C=C\C/C=C\C/C=C\C/C=C\C/C=C\CCCCCCCCCCCCCCCCCCC(=O)OC(COC(=O)CCCCCCCCCCCCCCC/C=C\C/C=C\C/C=C\C/C=C\C/C=C\CC)COP(=O)(O)OCCN. The predicted molar refractivity (Wildman–Crippen MR) is 367 cm³/mol. The molecule has 0 aliphatic carbocycles. The lowest BCUT2D eigenvalue weighted by atomic mass is 10.0. The monoisotopic (exact) mass is 1200 g/mol. The van der Waals surface area contributed by atoms with Crippen LogP contribution in [-0.4, -0.2) is 49.3 Å². The average molecular weight is 1200 g/mol. The van der Waals surface area contributed by atoms with Gasteiger partial charge in [-0.3, -0.25) is 18.6 Å². The van der Waals surface area contributed by atoms with E-state index in [1.165, 1.54) is 154 Å². The molecule has 85 heavy (non-hydrogen) atoms. The highest BCUT2D eigenvalue weighted by molar-refractivity contribution is 7.47. The number of carbonyl (C=O) groups is 2. The van der Waals surface area contributed by atoms with Crippen molar-refractivity contribution < 1.29 is 37.6 Å². The molecule has 486 valence electrons. The van der Waals surface area contributed by atoms with Crippen molar-refractivity contribution in [3.05, 3.63) is 134 Å². The van der Waals surface area contributed by atoms with E-state index < -0.39 is 26.5 Å². The fourth-order valence-corrected chi connectivity index (χ4v) is 10.3. The third kappa shape index (κ3) is 69.1. The fourth-order valence-electron chi connectivity index (χ4n) is 9.49. The Bertz CT molecular complexity index is 1860. The van der Waals surface area contributed by atoms with Crippen LogP contribution in [0.2, 0.25) is 0 Å². The molecule has 0 spiro atoms. The number of hydrogen-bond donors (Lipinski definition) is 2. The van der Waals surface area contributed by atoms with Crippen LogP contribution in [0.4, 0.5) is 0 Å². The van der Waals surface area contributed by atoms with Crippen molar-refractivity contribution in [1.29, 1.82) is 0 Å². The molecule has 0 aliphatic rings. The molecule has 0 saturated heterocycles. The summed E-state index contributed by atoms with van der Waals surface area (Å²) in [4.78, 5) is 35.4. The Labute approximate surface area is 523 Å². The standard InChI is InChI=1S/C75H128NO8P/c1-3-5-7-9-11-13-15-17-19-21-23-25-27-29-31-33-34-35-36-37-38-40-42-44-46-48-50-52-54-56-58-60-62-64-66-68-75(78)84-73(72-83-85(79,80)82-70-69-76)71-81-74(77)67-65-63-61-59-57-55-53-51-49-47-45-43-41-39-32-30-28-26-24-22-20-18-16-14-12-10-8-6-4-2/h5-8,11-14,17-20,23-26,29-32,34-35,73H,3-4,9-10,15-16,21-22,27-28,33,36-72,76H2,1-2H3,(H,79,80)/b7-5-,8-6-,13-11-,14-12-,19-17-,20-18-,25-23-,26-24-,31-29-,32-30-,35-34-. The molecule has 2 atom stereocenters. The maximum atomic E-state index is 12.8. The van der Waals surface area contributed by atoms with Gasteiger partial charge in [-0.2, -0.15) is 0 Å². The molecule has 0 rings (SSSR count). The molecule has 10 heteroatoms. The highest BCUT2D eigenvalue weighted by Crippen LogP contribution is 2.43. The molecule has 0 bridgehead atoms. The van der Waals surface area contributed by atoms with Crippen molar-refractivity contribution in [2.75, 3.05) is 26.4 Å². The van der Waals surface area contributed by atoms with Crippen molar-refractivity contribution in [2.45, 2.75) is 302 Å². The van der Waals surface area contributed by atoms with Crippen LogP contribution in [-0.2, 0) is 32.7 Å². The van der Waals surface area contributed by atoms with Gasteiger partial charge in [-0.25, -0.2) is 4.57 Å². The van der Waals surface area contributed by atoms with E-state index in [9.17, 15) is 19.0 Å². The highest BCUT2D eigenvalue weighted by atomic mass is 31.2. The number of ether oxygens (including phenoxy) is 2. The first-order chi connectivity index (χ1) is 41.8. The van der Waals surface area contributed by atoms with Gasteiger partial charge in [0.1, 0.15) is 6.61 Å². The van der Waals surface area contributed by atoms with Gasteiger partial charge in [0.25, 0.3) is 0 Å². The van der Waals surface area contributed by atoms with Gasteiger partial charge in [-0.15, -0.1) is 0 Å². The first kappa shape index (κ1) is 81.2. The van der Waals surface area contributed by atoms with Gasteiger partial charge in [-0.05, 0) is 109 Å². The number of allylic oxidation sites excluding steroid dienone is 22. The van der Waals surface area contributed by atoms with E-state index in [4.69, 9.17) is 24.3 Å². The lowest BCUT2D eigenvalue weighted by molar-refractivity contribution is -0.161. The minimum absolute atomic E-state index is 0.0490. The Morgan fingerprint density at radius 1 is 0.353 bits per heavy atom. The predicted octanol–water partition coefficient (Wildman–Crippen LogP) is 22.9. The van der Waals surface area contributed by atoms with Crippen LogP contribution in [0.25, 0.3) is 0 Å². The van der Waals surface area contributed by atoms with E-state index >= 15 is 0 Å². The van der Waals surface area contributed by atoms with E-state index in [2.05, 4.69) is 148 Å². The average Bonchev–Trinajstić information content (AvgIpc) is 3.52. The lowest BCUT2D eigenvalue weighted by Gasteiger charge is -2.19. The third-order valence-electron chi connectivity index (χ3n) is 14.5. The number of phosphoric acid groups is 1. The zero-order valence-corrected chi connectivity index (χ0v) is 55.4. The Morgan fingerprint density at radius 3 is 0.906 bits per heavy atom. The smallest absolute Gasteiger partial charge is 0.462 e. The Hall–Kier alpha value is -3.85. The molecule has 3 N–H and O–H groups in total. The molecule has 9 nitrogen and oxygen atoms in total. The van der Waals surface area contributed by atoms with E-state index in [0.29, 0.717) is 6.42 Å². The Balaban J connectivity index is 3.90. The summed E-state index contributed by atoms with van der Waals surface area (Å²) >= 11 is 0. The summed E-state index contributed by atoms with van der Waals surface area (Å²) < 4.78 is 33.2. The largest absolute Gasteiger partial charge is 0.472 e. The number of carbonyl (C=O) groups excluding carboxylic acids is 2. The van der Waals surface area contributed by atoms with Gasteiger partial charge in [-0.1, -0.05) is 308 Å². The van der Waals surface area contributed by atoms with Crippen LogP contribution in [0.1, 0.15) is 296 Å². The summed E-state index contributed by atoms with van der Waals surface area (Å²) in [6.07, 6.45) is 98.2. The first-order valence-electron chi connectivity index (χ1n) is 34.7. The highest BCUT2D eigenvalue weighted by Gasteiger charge is 2.26. The van der Waals surface area contributed by atoms with Crippen molar-refractivity contribution in [2.24, 2.45) is 5.73 Å². The minimum atomic E-state index is -4.40. The Morgan fingerprint density at radius 2 is 0.612 bits per heavy atom. The number of phosphoric ester groups is 1. The van der Waals surface area contributed by atoms with E-state index in [0.717, 1.165) is 109 Å². The number of nitrogens with two attached hydrogens (primary N) is 1. The van der Waals surface area contributed by atoms with Crippen LogP contribution in [0.5, 0.6) is 0 Å². The van der Waals surface area contributed by atoms with Gasteiger partial charge < -0.3 is 20.1 Å². The molecule has 0 aromatic heterocycles. The van der Waals surface area contributed by atoms with Crippen LogP contribution >= 0.6 is 7.82 Å². The number of unbranched alkanes of at least 4 members (excludes halogenated alkanes) is 29. The van der Waals surface area contributed by atoms with Crippen LogP contribution in [0.3, 0.4) is 0 Å².